The molecular formula is C29H32F3N5O2. The van der Waals surface area contributed by atoms with Gasteiger partial charge in [-0.25, -0.2) is 5.53 Å². The number of carbonyl (C=O) groups excluding carboxylic acids is 1. The molecule has 1 amide bonds. The summed E-state index contributed by atoms with van der Waals surface area (Å²) in [6.07, 6.45) is -4.16. The number of halogens is 3. The molecule has 0 saturated carbocycles. The van der Waals surface area contributed by atoms with E-state index in [1.807, 2.05) is 38.1 Å². The number of nitrogens with zero attached hydrogens (tertiary/aromatic N) is 2. The zero-order valence-corrected chi connectivity index (χ0v) is 22.3. The van der Waals surface area contributed by atoms with E-state index in [1.54, 1.807) is 12.1 Å². The van der Waals surface area contributed by atoms with E-state index in [2.05, 4.69) is 40.5 Å². The van der Waals surface area contributed by atoms with Crippen molar-refractivity contribution in [2.75, 3.05) is 6.54 Å². The van der Waals surface area contributed by atoms with Crippen molar-refractivity contribution in [3.8, 4) is 16.9 Å². The van der Waals surface area contributed by atoms with Crippen LogP contribution in [0.4, 0.5) is 13.2 Å². The van der Waals surface area contributed by atoms with Gasteiger partial charge in [0.15, 0.2) is 6.17 Å². The van der Waals surface area contributed by atoms with Crippen molar-refractivity contribution in [3.63, 3.8) is 0 Å². The molecule has 39 heavy (non-hydrogen) atoms. The van der Waals surface area contributed by atoms with Crippen LogP contribution in [0.1, 0.15) is 59.0 Å². The van der Waals surface area contributed by atoms with Gasteiger partial charge in [-0.3, -0.25) is 4.79 Å². The van der Waals surface area contributed by atoms with Crippen LogP contribution in [0, 0.1) is 19.8 Å². The summed E-state index contributed by atoms with van der Waals surface area (Å²) in [6.45, 7) is 8.39. The Morgan fingerprint density at radius 1 is 1.03 bits per heavy atom. The summed E-state index contributed by atoms with van der Waals surface area (Å²) in [5.41, 5.74) is 9.55. The monoisotopic (exact) mass is 539 g/mol. The predicted octanol–water partition coefficient (Wildman–Crippen LogP) is 6.69. The molecule has 0 bridgehead atoms. The first-order valence-electron chi connectivity index (χ1n) is 12.8. The summed E-state index contributed by atoms with van der Waals surface area (Å²) in [4.78, 5) is 12.5. The third kappa shape index (κ3) is 7.14. The summed E-state index contributed by atoms with van der Waals surface area (Å²) in [5, 5.41) is 10.3. The molecule has 10 heteroatoms. The Balaban J connectivity index is 1.50. The van der Waals surface area contributed by atoms with E-state index in [1.165, 1.54) is 12.1 Å². The molecule has 3 aromatic rings. The van der Waals surface area contributed by atoms with E-state index in [-0.39, 0.29) is 18.2 Å². The van der Waals surface area contributed by atoms with Gasteiger partial charge < -0.3 is 10.1 Å². The highest BCUT2D eigenvalue weighted by molar-refractivity contribution is 5.94. The van der Waals surface area contributed by atoms with E-state index < -0.39 is 11.7 Å². The van der Waals surface area contributed by atoms with Gasteiger partial charge in [0.25, 0.3) is 5.91 Å². The average molecular weight is 540 g/mol. The lowest BCUT2D eigenvalue weighted by Crippen LogP contribution is -2.40. The fourth-order valence-corrected chi connectivity index (χ4v) is 4.58. The summed E-state index contributed by atoms with van der Waals surface area (Å²) >= 11 is 0. The first-order chi connectivity index (χ1) is 18.5. The largest absolute Gasteiger partial charge is 0.486 e. The second-order valence-corrected chi connectivity index (χ2v) is 10.1. The molecule has 0 saturated heterocycles. The highest BCUT2D eigenvalue weighted by atomic mass is 19.4. The van der Waals surface area contributed by atoms with Gasteiger partial charge in [-0.1, -0.05) is 43.3 Å². The number of hydrogen-bond acceptors (Lipinski definition) is 6. The zero-order valence-electron chi connectivity index (χ0n) is 22.3. The second-order valence-electron chi connectivity index (χ2n) is 10.1. The Morgan fingerprint density at radius 2 is 1.67 bits per heavy atom. The van der Waals surface area contributed by atoms with Gasteiger partial charge in [0.2, 0.25) is 0 Å². The van der Waals surface area contributed by atoms with Crippen molar-refractivity contribution in [2.45, 2.75) is 52.6 Å². The van der Waals surface area contributed by atoms with Crippen LogP contribution in [-0.4, -0.2) is 18.6 Å². The van der Waals surface area contributed by atoms with Gasteiger partial charge >= 0.3 is 6.18 Å². The first kappa shape index (κ1) is 28.1. The number of aryl methyl sites for hydroxylation is 2. The maximum absolute atomic E-state index is 13.0. The molecule has 0 aromatic heterocycles. The number of alkyl halides is 3. The Hall–Kier alpha value is -3.92. The summed E-state index contributed by atoms with van der Waals surface area (Å²) < 4.78 is 45.4. The van der Waals surface area contributed by atoms with Gasteiger partial charge in [-0.15, -0.1) is 5.11 Å². The fraction of sp³-hybridized carbons (Fsp3) is 0.345. The third-order valence-electron chi connectivity index (χ3n) is 6.45. The van der Waals surface area contributed by atoms with Gasteiger partial charge in [-0.05, 0) is 90.4 Å². The molecule has 2 unspecified atom stereocenters. The number of nitrogens with one attached hydrogen (secondary N) is 3. The minimum atomic E-state index is -4.37. The molecule has 206 valence electrons. The Bertz CT molecular complexity index is 1300. The number of benzene rings is 3. The Labute approximate surface area is 225 Å². The highest BCUT2D eigenvalue weighted by Gasteiger charge is 2.30. The number of carbonyl (C=O) groups is 1. The van der Waals surface area contributed by atoms with Crippen LogP contribution in [0.25, 0.3) is 11.1 Å². The molecular weight excluding hydrogens is 507 g/mol. The third-order valence-corrected chi connectivity index (χ3v) is 6.45. The summed E-state index contributed by atoms with van der Waals surface area (Å²) in [6, 6.07) is 16.4. The molecule has 1 aliphatic rings. The van der Waals surface area contributed by atoms with E-state index in [0.717, 1.165) is 46.4 Å². The van der Waals surface area contributed by atoms with E-state index >= 15 is 0 Å². The number of hydrazine groups is 1. The normalized spacial score (nSPS) is 15.7. The summed E-state index contributed by atoms with van der Waals surface area (Å²) in [7, 11) is 0. The lowest BCUT2D eigenvalue weighted by molar-refractivity contribution is -0.137. The van der Waals surface area contributed by atoms with Crippen molar-refractivity contribution >= 4 is 5.91 Å². The molecule has 2 atom stereocenters. The molecule has 3 aromatic carbocycles. The minimum Gasteiger partial charge on any atom is -0.486 e. The lowest BCUT2D eigenvalue weighted by atomic mass is 9.94. The fourth-order valence-electron chi connectivity index (χ4n) is 4.58. The van der Waals surface area contributed by atoms with Crippen LogP contribution in [0.3, 0.4) is 0 Å². The Morgan fingerprint density at radius 3 is 2.21 bits per heavy atom. The molecule has 1 heterocycles. The minimum absolute atomic E-state index is 0.211. The van der Waals surface area contributed by atoms with Crippen LogP contribution in [0.15, 0.2) is 71.0 Å². The summed E-state index contributed by atoms with van der Waals surface area (Å²) in [5.74, 6) is 0.824. The molecule has 3 N–H and O–H groups in total. The van der Waals surface area contributed by atoms with Crippen LogP contribution in [0.5, 0.6) is 5.75 Å². The molecule has 0 radical (unpaired) electrons. The van der Waals surface area contributed by atoms with Crippen molar-refractivity contribution in [3.05, 3.63) is 88.5 Å². The number of rotatable bonds is 9. The number of hydrogen-bond donors (Lipinski definition) is 3. The van der Waals surface area contributed by atoms with Crippen molar-refractivity contribution < 1.29 is 22.7 Å². The van der Waals surface area contributed by atoms with Crippen LogP contribution in [-0.2, 0) is 6.18 Å². The van der Waals surface area contributed by atoms with Crippen molar-refractivity contribution in [1.29, 1.82) is 0 Å². The quantitative estimate of drug-likeness (QED) is 0.283. The van der Waals surface area contributed by atoms with Crippen molar-refractivity contribution in [2.24, 2.45) is 16.3 Å². The van der Waals surface area contributed by atoms with Gasteiger partial charge in [0.05, 0.1) is 12.1 Å². The molecule has 4 rings (SSSR count). The predicted molar refractivity (Wildman–Crippen MR) is 143 cm³/mol. The molecule has 0 aliphatic carbocycles. The standard InChI is InChI=1S/C29H32F3N5O2/c1-17(2)13-25(20-5-7-22(8-6-20)28(38)33-16-26-34-36-37-35-26)39-24-14-18(3)27(19(4)15-24)21-9-11-23(12-10-21)29(30,31)32/h5-12,14-15,17,25-26H,13,16H2,1-4H3,(H,33,38)(H,34,37)(H,35,36). The van der Waals surface area contributed by atoms with Crippen LogP contribution >= 0.6 is 0 Å². The zero-order chi connectivity index (χ0) is 28.2. The van der Waals surface area contributed by atoms with Crippen molar-refractivity contribution in [1.82, 2.24) is 16.3 Å². The maximum atomic E-state index is 13.0. The van der Waals surface area contributed by atoms with E-state index in [9.17, 15) is 18.0 Å². The SMILES string of the molecule is Cc1cc(OC(CC(C)C)c2ccc(C(=O)NCC3N=NNN3)cc2)cc(C)c1-c1ccc(C(F)(F)F)cc1. The first-order valence-corrected chi connectivity index (χ1v) is 12.8. The lowest BCUT2D eigenvalue weighted by Gasteiger charge is -2.23. The maximum Gasteiger partial charge on any atom is 0.416 e. The molecule has 1 aliphatic heterocycles. The average Bonchev–Trinajstić information content (AvgIpc) is 3.40. The highest BCUT2D eigenvalue weighted by Crippen LogP contribution is 2.36. The van der Waals surface area contributed by atoms with Gasteiger partial charge in [0.1, 0.15) is 11.9 Å². The van der Waals surface area contributed by atoms with E-state index in [0.29, 0.717) is 23.8 Å². The van der Waals surface area contributed by atoms with Crippen LogP contribution in [0.2, 0.25) is 0 Å². The Kier molecular flexibility index (Phi) is 8.54. The molecule has 0 spiro atoms. The smallest absolute Gasteiger partial charge is 0.416 e. The van der Waals surface area contributed by atoms with E-state index in [4.69, 9.17) is 4.74 Å². The second kappa shape index (κ2) is 11.9. The van der Waals surface area contributed by atoms with Crippen LogP contribution < -0.4 is 21.0 Å². The number of ether oxygens (including phenoxy) is 1. The molecule has 7 nitrogen and oxygen atoms in total. The topological polar surface area (TPSA) is 87.1 Å². The van der Waals surface area contributed by atoms with Gasteiger partial charge in [0, 0.05) is 5.56 Å². The molecule has 0 fully saturated rings. The number of amides is 1. The van der Waals surface area contributed by atoms with Gasteiger partial charge in [-0.2, -0.15) is 18.6 Å².